The van der Waals surface area contributed by atoms with Gasteiger partial charge in [0.15, 0.2) is 0 Å². The fourth-order valence-corrected chi connectivity index (χ4v) is 4.00. The van der Waals surface area contributed by atoms with Crippen LogP contribution >= 0.6 is 0 Å². The molecule has 3 nitrogen and oxygen atoms in total. The summed E-state index contributed by atoms with van der Waals surface area (Å²) in [4.78, 5) is 15.8. The monoisotopic (exact) mass is 363 g/mol. The quantitative estimate of drug-likeness (QED) is 0.668. The molecule has 2 aromatic rings. The van der Waals surface area contributed by atoms with E-state index in [9.17, 15) is 4.79 Å². The average molecular weight is 364 g/mol. The summed E-state index contributed by atoms with van der Waals surface area (Å²) in [6, 6.07) is 8.23. The molecule has 0 bridgehead atoms. The summed E-state index contributed by atoms with van der Waals surface area (Å²) < 4.78 is 4.72. The van der Waals surface area contributed by atoms with E-state index in [-0.39, 0.29) is 10.8 Å². The van der Waals surface area contributed by atoms with Gasteiger partial charge in [0, 0.05) is 11.8 Å². The molecule has 27 heavy (non-hydrogen) atoms. The molecule has 1 aliphatic carbocycles. The molecule has 0 atom stereocenters. The molecule has 3 rings (SSSR count). The number of benzene rings is 1. The van der Waals surface area contributed by atoms with Gasteiger partial charge >= 0.3 is 5.97 Å². The van der Waals surface area contributed by atoms with Gasteiger partial charge in [-0.3, -0.25) is 0 Å². The van der Waals surface area contributed by atoms with Crippen molar-refractivity contribution in [3.05, 3.63) is 70.6 Å². The molecule has 1 aromatic carbocycles. The van der Waals surface area contributed by atoms with Crippen LogP contribution in [0.15, 0.2) is 37.0 Å². The molecule has 0 saturated carbocycles. The van der Waals surface area contributed by atoms with E-state index in [2.05, 4.69) is 58.3 Å². The van der Waals surface area contributed by atoms with E-state index in [0.717, 1.165) is 16.7 Å². The van der Waals surface area contributed by atoms with E-state index >= 15 is 0 Å². The fraction of sp³-hybridized carbons (Fsp3) is 0.417. The highest BCUT2D eigenvalue weighted by atomic mass is 16.5. The summed E-state index contributed by atoms with van der Waals surface area (Å²) in [5, 5.41) is 0. The number of hydrogen-bond acceptors (Lipinski definition) is 3. The minimum atomic E-state index is -0.430. The number of nitrogens with zero attached hydrogens (tertiary/aromatic N) is 1. The van der Waals surface area contributed by atoms with Gasteiger partial charge in [-0.25, -0.2) is 9.78 Å². The molecule has 0 radical (unpaired) electrons. The molecule has 0 aliphatic heterocycles. The van der Waals surface area contributed by atoms with Crippen molar-refractivity contribution in [3.63, 3.8) is 0 Å². The number of hydrogen-bond donors (Lipinski definition) is 0. The van der Waals surface area contributed by atoms with E-state index in [1.807, 2.05) is 6.07 Å². The Labute approximate surface area is 162 Å². The van der Waals surface area contributed by atoms with E-state index in [1.165, 1.54) is 36.6 Å². The summed E-state index contributed by atoms with van der Waals surface area (Å²) >= 11 is 0. The maximum Gasteiger partial charge on any atom is 0.356 e. The normalized spacial score (nSPS) is 17.1. The molecule has 3 heteroatoms. The van der Waals surface area contributed by atoms with Crippen molar-refractivity contribution in [2.45, 2.75) is 58.3 Å². The number of ether oxygens (including phenoxy) is 1. The third-order valence-corrected chi connectivity index (χ3v) is 6.03. The Morgan fingerprint density at radius 1 is 1.07 bits per heavy atom. The van der Waals surface area contributed by atoms with E-state index in [0.29, 0.717) is 5.69 Å². The lowest BCUT2D eigenvalue weighted by molar-refractivity contribution is 0.0594. The molecule has 142 valence electrons. The Balaban J connectivity index is 2.05. The van der Waals surface area contributed by atoms with Crippen molar-refractivity contribution >= 4 is 11.5 Å². The minimum Gasteiger partial charge on any atom is -0.464 e. The first kappa shape index (κ1) is 19.3. The van der Waals surface area contributed by atoms with Crippen LogP contribution in [0.25, 0.3) is 5.57 Å². The van der Waals surface area contributed by atoms with Crippen molar-refractivity contribution in [1.82, 2.24) is 4.98 Å². The number of rotatable bonds is 3. The first-order valence-electron chi connectivity index (χ1n) is 9.46. The summed E-state index contributed by atoms with van der Waals surface area (Å²) in [6.07, 6.45) is 4.07. The number of carbonyl (C=O) groups is 1. The maximum absolute atomic E-state index is 11.6. The molecule has 1 aromatic heterocycles. The molecule has 1 heterocycles. The molecule has 0 fully saturated rings. The van der Waals surface area contributed by atoms with Crippen molar-refractivity contribution in [3.8, 4) is 0 Å². The Morgan fingerprint density at radius 2 is 1.67 bits per heavy atom. The van der Waals surface area contributed by atoms with Crippen LogP contribution in [0.2, 0.25) is 0 Å². The fourth-order valence-electron chi connectivity index (χ4n) is 4.00. The number of pyridine rings is 1. The smallest absolute Gasteiger partial charge is 0.356 e. The molecular weight excluding hydrogens is 334 g/mol. The van der Waals surface area contributed by atoms with Gasteiger partial charge in [-0.15, -0.1) is 0 Å². The van der Waals surface area contributed by atoms with Gasteiger partial charge in [-0.05, 0) is 64.5 Å². The number of carbonyl (C=O) groups excluding carboxylic acids is 1. The van der Waals surface area contributed by atoms with Gasteiger partial charge in [-0.1, -0.05) is 52.5 Å². The number of aryl methyl sites for hydroxylation is 1. The van der Waals surface area contributed by atoms with Gasteiger partial charge in [0.2, 0.25) is 0 Å². The van der Waals surface area contributed by atoms with Gasteiger partial charge in [0.05, 0.1) is 7.11 Å². The molecule has 0 amide bonds. The Hall–Kier alpha value is -2.42. The van der Waals surface area contributed by atoms with Gasteiger partial charge < -0.3 is 4.74 Å². The SMILES string of the molecule is C=C(c1ccc(C(=O)OC)nc1)c1cc2c(cc1C)C(C)(C)CCC2(C)C. The first-order chi connectivity index (χ1) is 12.6. The first-order valence-corrected chi connectivity index (χ1v) is 9.46. The van der Waals surface area contributed by atoms with E-state index in [4.69, 9.17) is 4.74 Å². The molecule has 1 aliphatic rings. The van der Waals surface area contributed by atoms with Crippen LogP contribution in [0.4, 0.5) is 0 Å². The van der Waals surface area contributed by atoms with Crippen molar-refractivity contribution in [1.29, 1.82) is 0 Å². The van der Waals surface area contributed by atoms with Crippen LogP contribution in [0.3, 0.4) is 0 Å². The zero-order chi connectivity index (χ0) is 20.0. The lowest BCUT2D eigenvalue weighted by Crippen LogP contribution is -2.34. The van der Waals surface area contributed by atoms with Crippen LogP contribution in [0.1, 0.15) is 78.8 Å². The second kappa shape index (κ2) is 6.63. The number of fused-ring (bicyclic) bond motifs is 1. The van der Waals surface area contributed by atoms with Crippen LogP contribution in [0, 0.1) is 6.92 Å². The van der Waals surface area contributed by atoms with Gasteiger partial charge in [-0.2, -0.15) is 0 Å². The highest BCUT2D eigenvalue weighted by molar-refractivity contribution is 5.88. The van der Waals surface area contributed by atoms with Gasteiger partial charge in [0.1, 0.15) is 5.69 Å². The molecule has 0 spiro atoms. The molecule has 0 saturated heterocycles. The number of methoxy groups -OCH3 is 1. The Bertz CT molecular complexity index is 905. The Kier molecular flexibility index (Phi) is 4.75. The predicted molar refractivity (Wildman–Crippen MR) is 110 cm³/mol. The maximum atomic E-state index is 11.6. The standard InChI is InChI=1S/C24H29NO2/c1-15-12-19-20(24(5,6)11-10-23(19,3)4)13-18(15)16(2)17-8-9-21(25-14-17)22(26)27-7/h8-9,12-14H,2,10-11H2,1,3-7H3. The second-order valence-electron chi connectivity index (χ2n) is 8.88. The summed E-state index contributed by atoms with van der Waals surface area (Å²) in [5.41, 5.74) is 7.73. The lowest BCUT2D eigenvalue weighted by Gasteiger charge is -2.42. The summed E-state index contributed by atoms with van der Waals surface area (Å²) in [7, 11) is 1.36. The predicted octanol–water partition coefficient (Wildman–Crippen LogP) is 5.59. The summed E-state index contributed by atoms with van der Waals surface area (Å²) in [5.74, 6) is -0.430. The van der Waals surface area contributed by atoms with Crippen LogP contribution in [-0.4, -0.2) is 18.1 Å². The van der Waals surface area contributed by atoms with E-state index < -0.39 is 5.97 Å². The zero-order valence-corrected chi connectivity index (χ0v) is 17.3. The van der Waals surface area contributed by atoms with Gasteiger partial charge in [0.25, 0.3) is 0 Å². The van der Waals surface area contributed by atoms with E-state index in [1.54, 1.807) is 12.3 Å². The van der Waals surface area contributed by atoms with Crippen molar-refractivity contribution < 1.29 is 9.53 Å². The van der Waals surface area contributed by atoms with Crippen molar-refractivity contribution in [2.75, 3.05) is 7.11 Å². The highest BCUT2D eigenvalue weighted by Crippen LogP contribution is 2.47. The average Bonchev–Trinajstić information content (AvgIpc) is 2.64. The minimum absolute atomic E-state index is 0.153. The van der Waals surface area contributed by atoms with Crippen molar-refractivity contribution in [2.24, 2.45) is 0 Å². The largest absolute Gasteiger partial charge is 0.464 e. The third kappa shape index (κ3) is 3.43. The second-order valence-corrected chi connectivity index (χ2v) is 8.88. The Morgan fingerprint density at radius 3 is 2.19 bits per heavy atom. The molecule has 0 unspecified atom stereocenters. The summed E-state index contributed by atoms with van der Waals surface area (Å²) in [6.45, 7) is 15.8. The topological polar surface area (TPSA) is 39.2 Å². The van der Waals surface area contributed by atoms with Crippen LogP contribution < -0.4 is 0 Å². The number of aromatic nitrogens is 1. The molecule has 0 N–H and O–H groups in total. The van der Waals surface area contributed by atoms with Crippen LogP contribution in [-0.2, 0) is 15.6 Å². The molecular formula is C24H29NO2. The number of esters is 1. The zero-order valence-electron chi connectivity index (χ0n) is 17.3. The van der Waals surface area contributed by atoms with Crippen LogP contribution in [0.5, 0.6) is 0 Å². The highest BCUT2D eigenvalue weighted by Gasteiger charge is 2.37. The third-order valence-electron chi connectivity index (χ3n) is 6.03. The lowest BCUT2D eigenvalue weighted by atomic mass is 9.62.